The van der Waals surface area contributed by atoms with Gasteiger partial charge < -0.3 is 0 Å². The minimum Gasteiger partial charge on any atom is -0.297 e. The highest BCUT2D eigenvalue weighted by Crippen LogP contribution is 2.29. The summed E-state index contributed by atoms with van der Waals surface area (Å²) in [6.45, 7) is 1.87. The van der Waals surface area contributed by atoms with Gasteiger partial charge in [-0.3, -0.25) is 9.59 Å². The van der Waals surface area contributed by atoms with Gasteiger partial charge in [0.2, 0.25) is 10.0 Å². The Balaban J connectivity index is 2.00. The number of likely N-dealkylation sites (N-methyl/N-ethyl adjacent to an activating group) is 1. The average Bonchev–Trinajstić information content (AvgIpc) is 2.91. The zero-order valence-corrected chi connectivity index (χ0v) is 14.1. The molecule has 120 valence electrons. The predicted molar refractivity (Wildman–Crippen MR) is 85.1 cm³/mol. The van der Waals surface area contributed by atoms with Gasteiger partial charge in [0.1, 0.15) is 11.0 Å². The van der Waals surface area contributed by atoms with Crippen LogP contribution in [0.5, 0.6) is 0 Å². The van der Waals surface area contributed by atoms with Crippen LogP contribution in [0.15, 0.2) is 35.4 Å². The van der Waals surface area contributed by atoms with Gasteiger partial charge in [-0.25, -0.2) is 13.4 Å². The highest BCUT2D eigenvalue weighted by molar-refractivity contribution is 7.89. The third-order valence-corrected chi connectivity index (χ3v) is 6.51. The Kier molecular flexibility index (Phi) is 3.91. The van der Waals surface area contributed by atoms with Gasteiger partial charge in [-0.05, 0) is 19.1 Å². The number of carbonyl (C=O) groups is 2. The number of benzene rings is 1. The summed E-state index contributed by atoms with van der Waals surface area (Å²) in [5, 5.41) is 0.574. The van der Waals surface area contributed by atoms with Crippen molar-refractivity contribution in [1.82, 2.24) is 9.29 Å². The summed E-state index contributed by atoms with van der Waals surface area (Å²) in [6, 6.07) is 4.63. The molecule has 1 aromatic heterocycles. The topological polar surface area (TPSA) is 84.4 Å². The van der Waals surface area contributed by atoms with Gasteiger partial charge in [0.05, 0.1) is 11.3 Å². The van der Waals surface area contributed by atoms with Crippen LogP contribution < -0.4 is 0 Å². The molecule has 1 aliphatic rings. The van der Waals surface area contributed by atoms with Crippen LogP contribution in [-0.4, -0.2) is 42.4 Å². The predicted octanol–water partition coefficient (Wildman–Crippen LogP) is 1.45. The molecule has 23 heavy (non-hydrogen) atoms. The van der Waals surface area contributed by atoms with E-state index in [0.29, 0.717) is 5.01 Å². The molecule has 0 saturated carbocycles. The Morgan fingerprint density at radius 3 is 2.70 bits per heavy atom. The minimum atomic E-state index is -3.86. The maximum atomic E-state index is 12.6. The number of sulfonamides is 1. The fourth-order valence-corrected chi connectivity index (χ4v) is 4.87. The van der Waals surface area contributed by atoms with Crippen molar-refractivity contribution >= 4 is 32.9 Å². The van der Waals surface area contributed by atoms with E-state index in [9.17, 15) is 18.0 Å². The number of carbonyl (C=O) groups excluding carboxylic acids is 2. The summed E-state index contributed by atoms with van der Waals surface area (Å²) in [4.78, 5) is 30.1. The second-order valence-electron chi connectivity index (χ2n) is 5.29. The number of nitrogens with zero attached hydrogens (tertiary/aromatic N) is 2. The first-order chi connectivity index (χ1) is 10.8. The second-order valence-corrected chi connectivity index (χ2v) is 8.58. The van der Waals surface area contributed by atoms with E-state index in [1.54, 1.807) is 18.3 Å². The fraction of sp³-hybridized carbons (Fsp3) is 0.267. The first-order valence-corrected chi connectivity index (χ1v) is 9.13. The Bertz CT molecular complexity index is 902. The van der Waals surface area contributed by atoms with E-state index in [-0.39, 0.29) is 16.9 Å². The molecule has 0 aliphatic carbocycles. The molecule has 1 aromatic carbocycles. The highest BCUT2D eigenvalue weighted by atomic mass is 32.2. The minimum absolute atomic E-state index is 0.0540. The average molecular weight is 350 g/mol. The largest absolute Gasteiger partial charge is 0.297 e. The smallest absolute Gasteiger partial charge is 0.244 e. The van der Waals surface area contributed by atoms with Crippen molar-refractivity contribution in [2.75, 3.05) is 7.05 Å². The number of rotatable bonds is 3. The first kappa shape index (κ1) is 16.0. The van der Waals surface area contributed by atoms with Crippen molar-refractivity contribution < 1.29 is 18.0 Å². The molecular formula is C15H14N2O4S2. The van der Waals surface area contributed by atoms with Crippen molar-refractivity contribution in [3.8, 4) is 0 Å². The number of ketones is 2. The van der Waals surface area contributed by atoms with Gasteiger partial charge in [-0.2, -0.15) is 4.31 Å². The molecule has 1 unspecified atom stereocenters. The molecule has 1 atom stereocenters. The number of thiazole rings is 1. The van der Waals surface area contributed by atoms with Crippen LogP contribution in [0.25, 0.3) is 0 Å². The number of Topliss-reactive ketones (excluding diaryl/α,β-unsaturated/α-hetero) is 2. The van der Waals surface area contributed by atoms with E-state index in [1.807, 2.05) is 6.92 Å². The van der Waals surface area contributed by atoms with Crippen molar-refractivity contribution in [2.24, 2.45) is 0 Å². The molecule has 0 N–H and O–H groups in total. The summed E-state index contributed by atoms with van der Waals surface area (Å²) in [6.07, 6.45) is 1.59. The summed E-state index contributed by atoms with van der Waals surface area (Å²) in [5.41, 5.74) is 0.0688. The Morgan fingerprint density at radius 2 is 2.04 bits per heavy atom. The molecule has 2 aromatic rings. The van der Waals surface area contributed by atoms with E-state index in [2.05, 4.69) is 4.98 Å². The maximum absolute atomic E-state index is 12.6. The normalized spacial score (nSPS) is 20.3. The lowest BCUT2D eigenvalue weighted by atomic mass is 9.99. The van der Waals surface area contributed by atoms with E-state index in [4.69, 9.17) is 0 Å². The standard InChI is InChI=1S/C15H14N2O4S2/c1-9-8-16-13(22-9)7-11(18)14-15(19)10-5-3-4-6-12(10)23(20,21)17(14)2/h3-6,8,14H,7H2,1-2H3. The van der Waals surface area contributed by atoms with Gasteiger partial charge in [-0.15, -0.1) is 11.3 Å². The highest BCUT2D eigenvalue weighted by Gasteiger charge is 2.44. The van der Waals surface area contributed by atoms with Crippen molar-refractivity contribution in [2.45, 2.75) is 24.3 Å². The van der Waals surface area contributed by atoms with Gasteiger partial charge in [0.25, 0.3) is 0 Å². The number of hydrogen-bond donors (Lipinski definition) is 0. The van der Waals surface area contributed by atoms with Crippen LogP contribution in [-0.2, 0) is 21.2 Å². The SMILES string of the molecule is Cc1cnc(CC(=O)C2C(=O)c3ccccc3S(=O)(=O)N2C)s1. The van der Waals surface area contributed by atoms with Gasteiger partial charge in [0, 0.05) is 23.7 Å². The molecule has 3 rings (SSSR count). The number of aryl methyl sites for hydroxylation is 1. The molecule has 2 heterocycles. The Labute approximate surface area is 137 Å². The summed E-state index contributed by atoms with van der Waals surface area (Å²) in [5.74, 6) is -0.957. The number of fused-ring (bicyclic) bond motifs is 1. The van der Waals surface area contributed by atoms with Gasteiger partial charge in [0.15, 0.2) is 11.6 Å². The molecule has 0 saturated heterocycles. The van der Waals surface area contributed by atoms with Crippen LogP contribution in [0.3, 0.4) is 0 Å². The van der Waals surface area contributed by atoms with Crippen molar-refractivity contribution in [3.63, 3.8) is 0 Å². The molecule has 0 radical (unpaired) electrons. The molecule has 0 bridgehead atoms. The lowest BCUT2D eigenvalue weighted by Gasteiger charge is -2.30. The third-order valence-electron chi connectivity index (χ3n) is 3.72. The molecule has 6 nitrogen and oxygen atoms in total. The molecule has 8 heteroatoms. The van der Waals surface area contributed by atoms with Crippen molar-refractivity contribution in [1.29, 1.82) is 0 Å². The van der Waals surface area contributed by atoms with E-state index < -0.39 is 27.6 Å². The third kappa shape index (κ3) is 2.62. The van der Waals surface area contributed by atoms with Crippen LogP contribution in [0.2, 0.25) is 0 Å². The Hall–Kier alpha value is -1.90. The van der Waals surface area contributed by atoms with E-state index in [1.165, 1.54) is 30.5 Å². The maximum Gasteiger partial charge on any atom is 0.244 e. The summed E-state index contributed by atoms with van der Waals surface area (Å²) in [7, 11) is -2.60. The Morgan fingerprint density at radius 1 is 1.35 bits per heavy atom. The van der Waals surface area contributed by atoms with Crippen LogP contribution in [0.1, 0.15) is 20.2 Å². The number of aromatic nitrogens is 1. The van der Waals surface area contributed by atoms with Crippen LogP contribution in [0, 0.1) is 6.92 Å². The molecule has 0 fully saturated rings. The van der Waals surface area contributed by atoms with Gasteiger partial charge >= 0.3 is 0 Å². The van der Waals surface area contributed by atoms with Crippen LogP contribution in [0.4, 0.5) is 0 Å². The zero-order valence-electron chi connectivity index (χ0n) is 12.5. The quantitative estimate of drug-likeness (QED) is 0.782. The van der Waals surface area contributed by atoms with Gasteiger partial charge in [-0.1, -0.05) is 12.1 Å². The summed E-state index contributed by atoms with van der Waals surface area (Å²) < 4.78 is 25.9. The van der Waals surface area contributed by atoms with Crippen LogP contribution >= 0.6 is 11.3 Å². The second kappa shape index (κ2) is 5.63. The van der Waals surface area contributed by atoms with Crippen molar-refractivity contribution in [3.05, 3.63) is 45.9 Å². The zero-order chi connectivity index (χ0) is 16.8. The van der Waals surface area contributed by atoms with E-state index >= 15 is 0 Å². The molecule has 0 spiro atoms. The molecular weight excluding hydrogens is 336 g/mol. The monoisotopic (exact) mass is 350 g/mol. The molecule has 1 aliphatic heterocycles. The first-order valence-electron chi connectivity index (χ1n) is 6.87. The lowest BCUT2D eigenvalue weighted by Crippen LogP contribution is -2.51. The molecule has 0 amide bonds. The van der Waals surface area contributed by atoms with E-state index in [0.717, 1.165) is 9.18 Å². The summed E-state index contributed by atoms with van der Waals surface area (Å²) >= 11 is 1.36. The fourth-order valence-electron chi connectivity index (χ4n) is 2.58. The lowest BCUT2D eigenvalue weighted by molar-refractivity contribution is -0.120. The number of hydrogen-bond acceptors (Lipinski definition) is 6.